The van der Waals surface area contributed by atoms with Crippen molar-refractivity contribution >= 4 is 11.8 Å². The van der Waals surface area contributed by atoms with Crippen molar-refractivity contribution < 1.29 is 5.11 Å². The summed E-state index contributed by atoms with van der Waals surface area (Å²) in [5.74, 6) is 1.64. The molecule has 1 nitrogen and oxygen atoms in total. The number of phenolic OH excluding ortho intramolecular Hbond substituents is 1. The number of phenols is 1. The van der Waals surface area contributed by atoms with E-state index in [0.717, 1.165) is 12.0 Å². The lowest BCUT2D eigenvalue weighted by Crippen LogP contribution is -1.94. The Morgan fingerprint density at radius 3 is 2.56 bits per heavy atom. The van der Waals surface area contributed by atoms with E-state index in [-0.39, 0.29) is 0 Å². The third-order valence-corrected chi connectivity index (χ3v) is 4.24. The average molecular weight is 238 g/mol. The fourth-order valence-electron chi connectivity index (χ4n) is 1.76. The molecule has 0 fully saturated rings. The molecule has 0 spiro atoms. The zero-order chi connectivity index (χ0) is 11.8. The van der Waals surface area contributed by atoms with Crippen LogP contribution < -0.4 is 0 Å². The van der Waals surface area contributed by atoms with Crippen LogP contribution in [0.4, 0.5) is 0 Å². The molecule has 0 aliphatic heterocycles. The highest BCUT2D eigenvalue weighted by atomic mass is 32.2. The van der Waals surface area contributed by atoms with Gasteiger partial charge in [-0.15, -0.1) is 0 Å². The molecule has 1 rings (SSSR count). The van der Waals surface area contributed by atoms with E-state index in [9.17, 15) is 5.11 Å². The summed E-state index contributed by atoms with van der Waals surface area (Å²) < 4.78 is 0. The Balaban J connectivity index is 2.51. The topological polar surface area (TPSA) is 20.2 Å². The summed E-state index contributed by atoms with van der Waals surface area (Å²) in [6.07, 6.45) is 4.94. The van der Waals surface area contributed by atoms with Gasteiger partial charge in [-0.05, 0) is 24.7 Å². The molecule has 1 N–H and O–H groups in total. The van der Waals surface area contributed by atoms with Gasteiger partial charge in [0.1, 0.15) is 5.75 Å². The van der Waals surface area contributed by atoms with Crippen LogP contribution in [0.15, 0.2) is 24.3 Å². The highest BCUT2D eigenvalue weighted by Gasteiger charge is 2.12. The zero-order valence-corrected chi connectivity index (χ0v) is 11.1. The lowest BCUT2D eigenvalue weighted by Gasteiger charge is -2.16. The Bertz CT molecular complexity index is 299. The second-order valence-corrected chi connectivity index (χ2v) is 5.34. The molecule has 0 bridgehead atoms. The summed E-state index contributed by atoms with van der Waals surface area (Å²) >= 11 is 1.97. The van der Waals surface area contributed by atoms with Crippen molar-refractivity contribution in [1.82, 2.24) is 0 Å². The Labute approximate surface area is 103 Å². The fourth-order valence-corrected chi connectivity index (χ4v) is 3.03. The number of aromatic hydroxyl groups is 1. The minimum absolute atomic E-state index is 0.442. The Morgan fingerprint density at radius 1 is 1.19 bits per heavy atom. The van der Waals surface area contributed by atoms with Gasteiger partial charge in [0.2, 0.25) is 0 Å². The van der Waals surface area contributed by atoms with Crippen LogP contribution in [0.1, 0.15) is 50.3 Å². The van der Waals surface area contributed by atoms with E-state index in [4.69, 9.17) is 0 Å². The van der Waals surface area contributed by atoms with Gasteiger partial charge in [-0.2, -0.15) is 11.8 Å². The molecule has 1 aromatic carbocycles. The molecule has 0 aromatic heterocycles. The molecule has 0 aliphatic carbocycles. The number of thioether (sulfide) groups is 1. The second kappa shape index (κ2) is 7.61. The maximum atomic E-state index is 9.80. The quantitative estimate of drug-likeness (QED) is 0.691. The van der Waals surface area contributed by atoms with Crippen molar-refractivity contribution in [3.8, 4) is 5.75 Å². The summed E-state index contributed by atoms with van der Waals surface area (Å²) in [5.41, 5.74) is 1.09. The molecular formula is C14H22OS. The van der Waals surface area contributed by atoms with Gasteiger partial charge in [-0.25, -0.2) is 0 Å². The molecule has 1 atom stereocenters. The fraction of sp³-hybridized carbons (Fsp3) is 0.571. The first-order valence-corrected chi connectivity index (χ1v) is 7.24. The summed E-state index contributed by atoms with van der Waals surface area (Å²) in [7, 11) is 0. The maximum Gasteiger partial charge on any atom is 0.119 e. The second-order valence-electron chi connectivity index (χ2n) is 4.03. The molecule has 0 heterocycles. The van der Waals surface area contributed by atoms with E-state index in [1.54, 1.807) is 6.07 Å². The smallest absolute Gasteiger partial charge is 0.119 e. The minimum atomic E-state index is 0.442. The number of hydrogen-bond acceptors (Lipinski definition) is 2. The molecule has 1 unspecified atom stereocenters. The van der Waals surface area contributed by atoms with Gasteiger partial charge < -0.3 is 5.11 Å². The summed E-state index contributed by atoms with van der Waals surface area (Å²) in [5, 5.41) is 10.2. The van der Waals surface area contributed by atoms with Crippen molar-refractivity contribution in [2.45, 2.75) is 44.8 Å². The zero-order valence-electron chi connectivity index (χ0n) is 10.3. The highest BCUT2D eigenvalue weighted by molar-refractivity contribution is 7.99. The molecule has 0 aliphatic rings. The van der Waals surface area contributed by atoms with Crippen LogP contribution >= 0.6 is 11.8 Å². The van der Waals surface area contributed by atoms with Gasteiger partial charge in [-0.3, -0.25) is 0 Å². The summed E-state index contributed by atoms with van der Waals surface area (Å²) in [6.45, 7) is 4.41. The van der Waals surface area contributed by atoms with Crippen molar-refractivity contribution in [3.05, 3.63) is 29.8 Å². The molecule has 0 saturated carbocycles. The lowest BCUT2D eigenvalue weighted by molar-refractivity contribution is 0.467. The first-order chi connectivity index (χ1) is 7.79. The van der Waals surface area contributed by atoms with Gasteiger partial charge in [0.15, 0.2) is 0 Å². The van der Waals surface area contributed by atoms with Crippen LogP contribution in [0.3, 0.4) is 0 Å². The van der Waals surface area contributed by atoms with E-state index in [1.165, 1.54) is 25.0 Å². The van der Waals surface area contributed by atoms with Crippen LogP contribution in [0, 0.1) is 0 Å². The molecule has 90 valence electrons. The summed E-state index contributed by atoms with van der Waals surface area (Å²) in [4.78, 5) is 0. The normalized spacial score (nSPS) is 12.6. The maximum absolute atomic E-state index is 9.80. The number of unbranched alkanes of at least 4 members (excludes halogenated alkanes) is 2. The van der Waals surface area contributed by atoms with Gasteiger partial charge in [-0.1, -0.05) is 44.9 Å². The number of benzene rings is 1. The first-order valence-electron chi connectivity index (χ1n) is 6.19. The Morgan fingerprint density at radius 2 is 1.94 bits per heavy atom. The largest absolute Gasteiger partial charge is 0.508 e. The van der Waals surface area contributed by atoms with Crippen molar-refractivity contribution in [1.29, 1.82) is 0 Å². The van der Waals surface area contributed by atoms with E-state index < -0.39 is 0 Å². The SMILES string of the molecule is CCCCCSC(CC)c1ccccc1O. The lowest BCUT2D eigenvalue weighted by atomic mass is 10.1. The molecule has 0 amide bonds. The third-order valence-electron chi connectivity index (χ3n) is 2.72. The molecule has 2 heteroatoms. The first kappa shape index (κ1) is 13.4. The van der Waals surface area contributed by atoms with E-state index in [1.807, 2.05) is 30.0 Å². The van der Waals surface area contributed by atoms with Gasteiger partial charge in [0.05, 0.1) is 0 Å². The number of para-hydroxylation sites is 1. The van der Waals surface area contributed by atoms with E-state index in [2.05, 4.69) is 13.8 Å². The van der Waals surface area contributed by atoms with Crippen molar-refractivity contribution in [2.75, 3.05) is 5.75 Å². The van der Waals surface area contributed by atoms with E-state index >= 15 is 0 Å². The van der Waals surface area contributed by atoms with E-state index in [0.29, 0.717) is 11.0 Å². The van der Waals surface area contributed by atoms with Gasteiger partial charge in [0.25, 0.3) is 0 Å². The molecular weight excluding hydrogens is 216 g/mol. The third kappa shape index (κ3) is 4.09. The van der Waals surface area contributed by atoms with Crippen LogP contribution in [-0.2, 0) is 0 Å². The Kier molecular flexibility index (Phi) is 6.39. The van der Waals surface area contributed by atoms with Crippen LogP contribution in [0.2, 0.25) is 0 Å². The number of rotatable bonds is 7. The summed E-state index contributed by atoms with van der Waals surface area (Å²) in [6, 6.07) is 7.71. The molecule has 1 aromatic rings. The monoisotopic (exact) mass is 238 g/mol. The highest BCUT2D eigenvalue weighted by Crippen LogP contribution is 2.37. The van der Waals surface area contributed by atoms with Crippen LogP contribution in [0.5, 0.6) is 5.75 Å². The van der Waals surface area contributed by atoms with Crippen molar-refractivity contribution in [3.63, 3.8) is 0 Å². The molecule has 0 radical (unpaired) electrons. The predicted molar refractivity (Wildman–Crippen MR) is 73.1 cm³/mol. The average Bonchev–Trinajstić information content (AvgIpc) is 2.31. The van der Waals surface area contributed by atoms with Crippen molar-refractivity contribution in [2.24, 2.45) is 0 Å². The predicted octanol–water partition coefficient (Wildman–Crippen LogP) is 4.77. The van der Waals surface area contributed by atoms with Gasteiger partial charge in [0, 0.05) is 10.8 Å². The van der Waals surface area contributed by atoms with Gasteiger partial charge >= 0.3 is 0 Å². The molecule has 0 saturated heterocycles. The minimum Gasteiger partial charge on any atom is -0.508 e. The van der Waals surface area contributed by atoms with Crippen LogP contribution in [-0.4, -0.2) is 10.9 Å². The standard InChI is InChI=1S/C14H22OS/c1-3-5-8-11-16-14(4-2)12-9-6-7-10-13(12)15/h6-7,9-10,14-15H,3-5,8,11H2,1-2H3. The van der Waals surface area contributed by atoms with Crippen LogP contribution in [0.25, 0.3) is 0 Å². The molecule has 16 heavy (non-hydrogen) atoms. The number of hydrogen-bond donors (Lipinski definition) is 1. The Hall–Kier alpha value is -0.630.